The minimum Gasteiger partial charge on any atom is -0.348 e. The lowest BCUT2D eigenvalue weighted by Crippen LogP contribution is -2.47. The van der Waals surface area contributed by atoms with Gasteiger partial charge < -0.3 is 10.6 Å². The average Bonchev–Trinajstić information content (AvgIpc) is 2.39. The molecule has 2 atom stereocenters. The van der Waals surface area contributed by atoms with Gasteiger partial charge in [-0.3, -0.25) is 4.79 Å². The summed E-state index contributed by atoms with van der Waals surface area (Å²) in [5, 5.41) is 6.34. The first-order valence-electron chi connectivity index (χ1n) is 6.46. The van der Waals surface area contributed by atoms with Crippen molar-refractivity contribution in [1.82, 2.24) is 10.6 Å². The molecule has 1 amide bonds. The molecule has 1 aromatic rings. The Balaban J connectivity index is 1.94. The highest BCUT2D eigenvalue weighted by atomic mass is 79.9. The van der Waals surface area contributed by atoms with E-state index >= 15 is 0 Å². The topological polar surface area (TPSA) is 41.1 Å². The molecule has 0 aliphatic carbocycles. The predicted octanol–water partition coefficient (Wildman–Crippen LogP) is 2.77. The van der Waals surface area contributed by atoms with E-state index in [2.05, 4.69) is 26.6 Å². The minimum atomic E-state index is -0.0200. The Morgan fingerprint density at radius 1 is 1.50 bits per heavy atom. The second-order valence-corrected chi connectivity index (χ2v) is 5.70. The summed E-state index contributed by atoms with van der Waals surface area (Å²) < 4.78 is 1.04. The van der Waals surface area contributed by atoms with Crippen LogP contribution in [0.3, 0.4) is 0 Å². The normalized spacial score (nSPS) is 21.3. The summed E-state index contributed by atoms with van der Waals surface area (Å²) in [6.45, 7) is 2.96. The van der Waals surface area contributed by atoms with Gasteiger partial charge in [-0.25, -0.2) is 0 Å². The van der Waals surface area contributed by atoms with Crippen LogP contribution in [0.15, 0.2) is 28.7 Å². The van der Waals surface area contributed by atoms with Gasteiger partial charge in [-0.1, -0.05) is 34.5 Å². The molecule has 1 heterocycles. The van der Waals surface area contributed by atoms with Gasteiger partial charge in [-0.15, -0.1) is 0 Å². The largest absolute Gasteiger partial charge is 0.348 e. The third kappa shape index (κ3) is 3.56. The van der Waals surface area contributed by atoms with Crippen LogP contribution >= 0.6 is 15.9 Å². The molecule has 98 valence electrons. The fraction of sp³-hybridized carbons (Fsp3) is 0.500. The Morgan fingerprint density at radius 2 is 2.33 bits per heavy atom. The van der Waals surface area contributed by atoms with E-state index in [1.807, 2.05) is 31.2 Å². The fourth-order valence-corrected chi connectivity index (χ4v) is 2.67. The number of amides is 1. The minimum absolute atomic E-state index is 0.0200. The van der Waals surface area contributed by atoms with Crippen molar-refractivity contribution in [3.8, 4) is 0 Å². The number of nitrogens with one attached hydrogen (secondary N) is 2. The van der Waals surface area contributed by atoms with E-state index in [0.29, 0.717) is 0 Å². The van der Waals surface area contributed by atoms with Gasteiger partial charge in [0.25, 0.3) is 0 Å². The van der Waals surface area contributed by atoms with Crippen LogP contribution in [0.1, 0.15) is 37.8 Å². The summed E-state index contributed by atoms with van der Waals surface area (Å²) in [6, 6.07) is 8.07. The third-order valence-corrected chi connectivity index (χ3v) is 3.83. The predicted molar refractivity (Wildman–Crippen MR) is 76.3 cm³/mol. The zero-order valence-electron chi connectivity index (χ0n) is 10.6. The van der Waals surface area contributed by atoms with E-state index in [0.717, 1.165) is 29.4 Å². The number of hydrogen-bond donors (Lipinski definition) is 2. The zero-order chi connectivity index (χ0) is 13.0. The molecule has 1 aliphatic rings. The molecular weight excluding hydrogens is 292 g/mol. The fourth-order valence-electron chi connectivity index (χ4n) is 2.25. The van der Waals surface area contributed by atoms with Gasteiger partial charge in [0.05, 0.1) is 12.1 Å². The molecule has 1 saturated heterocycles. The van der Waals surface area contributed by atoms with Crippen LogP contribution in [0.25, 0.3) is 0 Å². The summed E-state index contributed by atoms with van der Waals surface area (Å²) in [7, 11) is 0. The molecule has 3 nitrogen and oxygen atoms in total. The van der Waals surface area contributed by atoms with Crippen LogP contribution in [-0.4, -0.2) is 18.5 Å². The van der Waals surface area contributed by atoms with Crippen LogP contribution in [0.2, 0.25) is 0 Å². The van der Waals surface area contributed by atoms with Crippen LogP contribution in [0.5, 0.6) is 0 Å². The van der Waals surface area contributed by atoms with Crippen molar-refractivity contribution >= 4 is 21.8 Å². The second-order valence-electron chi connectivity index (χ2n) is 4.79. The Bertz CT molecular complexity index is 416. The number of halogens is 1. The quantitative estimate of drug-likeness (QED) is 0.901. The van der Waals surface area contributed by atoms with Gasteiger partial charge >= 0.3 is 0 Å². The van der Waals surface area contributed by atoms with Gasteiger partial charge in [0, 0.05) is 4.47 Å². The van der Waals surface area contributed by atoms with E-state index in [4.69, 9.17) is 0 Å². The maximum Gasteiger partial charge on any atom is 0.237 e. The smallest absolute Gasteiger partial charge is 0.237 e. The molecule has 18 heavy (non-hydrogen) atoms. The molecule has 2 rings (SSSR count). The molecule has 0 saturated carbocycles. The molecule has 1 aromatic carbocycles. The monoisotopic (exact) mass is 310 g/mol. The summed E-state index contributed by atoms with van der Waals surface area (Å²) >= 11 is 3.45. The molecule has 2 N–H and O–H groups in total. The highest BCUT2D eigenvalue weighted by Gasteiger charge is 2.21. The number of piperidine rings is 1. The summed E-state index contributed by atoms with van der Waals surface area (Å²) in [5.41, 5.74) is 1.12. The van der Waals surface area contributed by atoms with Gasteiger partial charge in [0.1, 0.15) is 0 Å². The van der Waals surface area contributed by atoms with Crippen LogP contribution in [-0.2, 0) is 4.79 Å². The number of carbonyl (C=O) groups excluding carboxylic acids is 1. The van der Waals surface area contributed by atoms with Crippen molar-refractivity contribution in [2.75, 3.05) is 6.54 Å². The molecule has 0 aromatic heterocycles. The van der Waals surface area contributed by atoms with E-state index in [9.17, 15) is 4.79 Å². The van der Waals surface area contributed by atoms with Crippen molar-refractivity contribution in [3.63, 3.8) is 0 Å². The molecule has 1 fully saturated rings. The Kier molecular flexibility index (Phi) is 4.78. The third-order valence-electron chi connectivity index (χ3n) is 3.33. The summed E-state index contributed by atoms with van der Waals surface area (Å²) in [5.74, 6) is 0.113. The van der Waals surface area contributed by atoms with Crippen molar-refractivity contribution < 1.29 is 4.79 Å². The maximum atomic E-state index is 12.1. The van der Waals surface area contributed by atoms with Gasteiger partial charge in [-0.05, 0) is 44.0 Å². The molecule has 1 aliphatic heterocycles. The lowest BCUT2D eigenvalue weighted by Gasteiger charge is -2.24. The maximum absolute atomic E-state index is 12.1. The summed E-state index contributed by atoms with van der Waals surface area (Å²) in [6.07, 6.45) is 3.25. The molecule has 4 heteroatoms. The number of rotatable bonds is 3. The SMILES string of the molecule is C[C@H](NC(=O)[C@H]1CCCCN1)c1cccc(Br)c1. The zero-order valence-corrected chi connectivity index (χ0v) is 12.2. The Hall–Kier alpha value is -0.870. The van der Waals surface area contributed by atoms with Crippen LogP contribution in [0, 0.1) is 0 Å². The van der Waals surface area contributed by atoms with Gasteiger partial charge in [0.2, 0.25) is 5.91 Å². The van der Waals surface area contributed by atoms with E-state index in [-0.39, 0.29) is 18.0 Å². The summed E-state index contributed by atoms with van der Waals surface area (Å²) in [4.78, 5) is 12.1. The van der Waals surface area contributed by atoms with Gasteiger partial charge in [-0.2, -0.15) is 0 Å². The molecule has 0 radical (unpaired) electrons. The number of hydrogen-bond acceptors (Lipinski definition) is 2. The average molecular weight is 311 g/mol. The first kappa shape index (κ1) is 13.6. The molecule has 0 spiro atoms. The van der Waals surface area contributed by atoms with Crippen molar-refractivity contribution in [2.24, 2.45) is 0 Å². The number of carbonyl (C=O) groups is 1. The first-order chi connectivity index (χ1) is 8.66. The Labute approximate surface area is 116 Å². The van der Waals surface area contributed by atoms with E-state index in [1.165, 1.54) is 6.42 Å². The Morgan fingerprint density at radius 3 is 3.00 bits per heavy atom. The second kappa shape index (κ2) is 6.34. The highest BCUT2D eigenvalue weighted by molar-refractivity contribution is 9.10. The van der Waals surface area contributed by atoms with Crippen LogP contribution in [0.4, 0.5) is 0 Å². The lowest BCUT2D eigenvalue weighted by atomic mass is 10.0. The molecular formula is C14H19BrN2O. The molecule has 0 unspecified atom stereocenters. The standard InChI is InChI=1S/C14H19BrN2O/c1-10(11-5-4-6-12(15)9-11)17-14(18)13-7-2-3-8-16-13/h4-6,9-10,13,16H,2-3,7-8H2,1H3,(H,17,18)/t10-,13+/m0/s1. The van der Waals surface area contributed by atoms with Crippen molar-refractivity contribution in [1.29, 1.82) is 0 Å². The van der Waals surface area contributed by atoms with E-state index in [1.54, 1.807) is 0 Å². The van der Waals surface area contributed by atoms with Crippen LogP contribution < -0.4 is 10.6 Å². The first-order valence-corrected chi connectivity index (χ1v) is 7.25. The van der Waals surface area contributed by atoms with E-state index < -0.39 is 0 Å². The van der Waals surface area contributed by atoms with Crippen molar-refractivity contribution in [3.05, 3.63) is 34.3 Å². The van der Waals surface area contributed by atoms with Crippen molar-refractivity contribution in [2.45, 2.75) is 38.3 Å². The highest BCUT2D eigenvalue weighted by Crippen LogP contribution is 2.18. The number of benzene rings is 1. The van der Waals surface area contributed by atoms with Gasteiger partial charge in [0.15, 0.2) is 0 Å². The molecule has 0 bridgehead atoms. The lowest BCUT2D eigenvalue weighted by molar-refractivity contribution is -0.124.